The largest absolute Gasteiger partial charge is 0.480 e. The lowest BCUT2D eigenvalue weighted by Gasteiger charge is -2.24. The first-order valence-electron chi connectivity index (χ1n) is 11.9. The summed E-state index contributed by atoms with van der Waals surface area (Å²) in [4.78, 5) is 36.2. The number of benzene rings is 1. The summed E-state index contributed by atoms with van der Waals surface area (Å²) in [5.41, 5.74) is 2.57. The van der Waals surface area contributed by atoms with Crippen molar-refractivity contribution in [3.8, 4) is 5.69 Å². The molecule has 0 saturated carbocycles. The maximum absolute atomic E-state index is 12.0. The number of hydrogen-bond donors (Lipinski definition) is 4. The lowest BCUT2D eigenvalue weighted by Crippen LogP contribution is -2.46. The van der Waals surface area contributed by atoms with Gasteiger partial charge in [0.25, 0.3) is 0 Å². The van der Waals surface area contributed by atoms with Crippen molar-refractivity contribution in [2.45, 2.75) is 31.3 Å². The average Bonchev–Trinajstić information content (AvgIpc) is 3.61. The Balaban J connectivity index is 1.44. The Labute approximate surface area is 211 Å². The zero-order valence-electron chi connectivity index (χ0n) is 20.0. The highest BCUT2D eigenvalue weighted by Crippen LogP contribution is 2.29. The SMILES string of the molecule is CCNC(=O)Nc1ncnc2c1ncn2-c1ccccc1C=CC(NCC(=O)O)C1OCC2OCOC21. The van der Waals surface area contributed by atoms with E-state index in [2.05, 4.69) is 30.9 Å². The summed E-state index contributed by atoms with van der Waals surface area (Å²) >= 11 is 0. The zero-order valence-corrected chi connectivity index (χ0v) is 20.0. The summed E-state index contributed by atoms with van der Waals surface area (Å²) < 4.78 is 18.9. The third-order valence-corrected chi connectivity index (χ3v) is 6.11. The van der Waals surface area contributed by atoms with Crippen LogP contribution in [0.3, 0.4) is 0 Å². The topological polar surface area (TPSA) is 162 Å². The van der Waals surface area contributed by atoms with Gasteiger partial charge in [0.15, 0.2) is 17.0 Å². The molecule has 3 aromatic rings. The Hall–Kier alpha value is -3.91. The number of amides is 2. The number of hydrogen-bond acceptors (Lipinski definition) is 9. The number of carboxylic acids is 1. The average molecular weight is 510 g/mol. The molecule has 4 unspecified atom stereocenters. The van der Waals surface area contributed by atoms with E-state index >= 15 is 0 Å². The summed E-state index contributed by atoms with van der Waals surface area (Å²) in [6, 6.07) is 6.81. The summed E-state index contributed by atoms with van der Waals surface area (Å²) in [5, 5.41) is 17.6. The molecule has 13 heteroatoms. The first-order chi connectivity index (χ1) is 18.0. The van der Waals surface area contributed by atoms with Crippen molar-refractivity contribution in [3.05, 3.63) is 48.6 Å². The van der Waals surface area contributed by atoms with Crippen LogP contribution in [0.5, 0.6) is 0 Å². The fourth-order valence-corrected chi connectivity index (χ4v) is 4.43. The van der Waals surface area contributed by atoms with Gasteiger partial charge in [-0.2, -0.15) is 0 Å². The lowest BCUT2D eigenvalue weighted by atomic mass is 10.0. The smallest absolute Gasteiger partial charge is 0.320 e. The third kappa shape index (κ3) is 5.29. The molecule has 5 rings (SSSR count). The Morgan fingerprint density at radius 2 is 2.08 bits per heavy atom. The molecule has 4 N–H and O–H groups in total. The molecule has 2 aliphatic rings. The maximum atomic E-state index is 12.0. The number of aromatic nitrogens is 4. The molecular formula is C24H27N7O6. The van der Waals surface area contributed by atoms with Crippen LogP contribution >= 0.6 is 0 Å². The number of urea groups is 1. The van der Waals surface area contributed by atoms with Crippen LogP contribution in [0.25, 0.3) is 22.9 Å². The van der Waals surface area contributed by atoms with Crippen LogP contribution in [0.4, 0.5) is 10.6 Å². The van der Waals surface area contributed by atoms with Gasteiger partial charge in [0.05, 0.1) is 24.9 Å². The molecule has 37 heavy (non-hydrogen) atoms. The van der Waals surface area contributed by atoms with Gasteiger partial charge in [-0.25, -0.2) is 19.7 Å². The standard InChI is InChI=1S/C24H27N7O6/c1-2-25-24(34)30-22-19-23(28-11-27-22)31(12-29-19)16-6-4-3-5-14(16)7-8-15(26-9-18(32)33)20-21-17(10-35-20)36-13-37-21/h3-8,11-12,15,17,20-21,26H,2,9-10,13H2,1H3,(H,32,33)(H2,25,27,28,30,34). The molecule has 1 aromatic carbocycles. The number of rotatable bonds is 9. The van der Waals surface area contributed by atoms with E-state index in [-0.39, 0.29) is 31.6 Å². The van der Waals surface area contributed by atoms with Crippen LogP contribution in [0.2, 0.25) is 0 Å². The van der Waals surface area contributed by atoms with Crippen molar-refractivity contribution in [2.75, 3.05) is 31.8 Å². The van der Waals surface area contributed by atoms with Crippen molar-refractivity contribution in [2.24, 2.45) is 0 Å². The van der Waals surface area contributed by atoms with Crippen LogP contribution in [0.1, 0.15) is 12.5 Å². The minimum atomic E-state index is -0.974. The van der Waals surface area contributed by atoms with Gasteiger partial charge in [-0.15, -0.1) is 0 Å². The molecule has 4 heterocycles. The number of para-hydroxylation sites is 1. The molecular weight excluding hydrogens is 482 g/mol. The summed E-state index contributed by atoms with van der Waals surface area (Å²) in [6.07, 6.45) is 5.89. The highest BCUT2D eigenvalue weighted by molar-refractivity contribution is 5.96. The number of carbonyl (C=O) groups excluding carboxylic acids is 1. The van der Waals surface area contributed by atoms with Gasteiger partial charge in [-0.1, -0.05) is 30.4 Å². The zero-order chi connectivity index (χ0) is 25.8. The number of carboxylic acid groups (broad SMARTS) is 1. The van der Waals surface area contributed by atoms with Gasteiger partial charge in [0, 0.05) is 6.54 Å². The predicted octanol–water partition coefficient (Wildman–Crippen LogP) is 1.15. The third-order valence-electron chi connectivity index (χ3n) is 6.11. The van der Waals surface area contributed by atoms with Crippen LogP contribution in [0.15, 0.2) is 43.0 Å². The van der Waals surface area contributed by atoms with Crippen LogP contribution < -0.4 is 16.0 Å². The lowest BCUT2D eigenvalue weighted by molar-refractivity contribution is -0.136. The number of aliphatic carboxylic acids is 1. The number of carbonyl (C=O) groups is 2. The minimum Gasteiger partial charge on any atom is -0.480 e. The highest BCUT2D eigenvalue weighted by Gasteiger charge is 2.45. The van der Waals surface area contributed by atoms with Crippen LogP contribution in [-0.4, -0.2) is 87.5 Å². The number of nitrogens with one attached hydrogen (secondary N) is 3. The van der Waals surface area contributed by atoms with Gasteiger partial charge < -0.3 is 24.6 Å². The molecule has 0 spiro atoms. The van der Waals surface area contributed by atoms with Crippen LogP contribution in [-0.2, 0) is 19.0 Å². The molecule has 2 aliphatic heterocycles. The van der Waals surface area contributed by atoms with E-state index in [4.69, 9.17) is 14.2 Å². The van der Waals surface area contributed by atoms with Gasteiger partial charge >= 0.3 is 12.0 Å². The van der Waals surface area contributed by atoms with E-state index in [0.717, 1.165) is 11.3 Å². The number of fused-ring (bicyclic) bond motifs is 2. The Morgan fingerprint density at radius 3 is 2.92 bits per heavy atom. The quantitative estimate of drug-likeness (QED) is 0.329. The summed E-state index contributed by atoms with van der Waals surface area (Å²) in [7, 11) is 0. The van der Waals surface area contributed by atoms with E-state index in [1.54, 1.807) is 10.9 Å². The van der Waals surface area contributed by atoms with Crippen molar-refractivity contribution in [3.63, 3.8) is 0 Å². The fourth-order valence-electron chi connectivity index (χ4n) is 4.43. The summed E-state index contributed by atoms with van der Waals surface area (Å²) in [6.45, 7) is 2.64. The second-order valence-electron chi connectivity index (χ2n) is 8.46. The number of nitrogens with zero attached hydrogens (tertiary/aromatic N) is 4. The number of imidazole rings is 1. The van der Waals surface area contributed by atoms with E-state index < -0.39 is 18.1 Å². The van der Waals surface area contributed by atoms with Gasteiger partial charge in [-0.05, 0) is 18.6 Å². The maximum Gasteiger partial charge on any atom is 0.320 e. The van der Waals surface area contributed by atoms with E-state index in [1.165, 1.54) is 6.33 Å². The van der Waals surface area contributed by atoms with Crippen molar-refractivity contribution in [1.82, 2.24) is 30.2 Å². The Morgan fingerprint density at radius 1 is 1.22 bits per heavy atom. The predicted molar refractivity (Wildman–Crippen MR) is 132 cm³/mol. The normalized spacial score (nSPS) is 21.8. The summed E-state index contributed by atoms with van der Waals surface area (Å²) in [5.74, 6) is -0.675. The van der Waals surface area contributed by atoms with E-state index in [9.17, 15) is 14.7 Å². The molecule has 13 nitrogen and oxygen atoms in total. The molecule has 4 atom stereocenters. The molecule has 0 bridgehead atoms. The first kappa shape index (κ1) is 24.8. The number of anilines is 1. The van der Waals surface area contributed by atoms with Crippen molar-refractivity contribution < 1.29 is 28.9 Å². The van der Waals surface area contributed by atoms with Crippen molar-refractivity contribution in [1.29, 1.82) is 0 Å². The molecule has 0 radical (unpaired) electrons. The van der Waals surface area contributed by atoms with E-state index in [1.807, 2.05) is 43.3 Å². The highest BCUT2D eigenvalue weighted by atomic mass is 16.7. The Bertz CT molecular complexity index is 1310. The number of ether oxygens (including phenoxy) is 3. The Kier molecular flexibility index (Phi) is 7.37. The van der Waals surface area contributed by atoms with E-state index in [0.29, 0.717) is 30.1 Å². The minimum absolute atomic E-state index is 0.168. The molecule has 2 aromatic heterocycles. The monoisotopic (exact) mass is 509 g/mol. The fraction of sp³-hybridized carbons (Fsp3) is 0.375. The molecule has 0 aliphatic carbocycles. The molecule has 2 fully saturated rings. The molecule has 2 amide bonds. The van der Waals surface area contributed by atoms with Crippen LogP contribution in [0, 0.1) is 0 Å². The second-order valence-corrected chi connectivity index (χ2v) is 8.46. The van der Waals surface area contributed by atoms with Gasteiger partial charge in [-0.3, -0.25) is 20.0 Å². The molecule has 194 valence electrons. The first-order valence-corrected chi connectivity index (χ1v) is 11.9. The second kappa shape index (κ2) is 11.0. The van der Waals surface area contributed by atoms with Crippen molar-refractivity contribution >= 4 is 35.1 Å². The van der Waals surface area contributed by atoms with Gasteiger partial charge in [0.1, 0.15) is 37.8 Å². The van der Waals surface area contributed by atoms with Gasteiger partial charge in [0.2, 0.25) is 0 Å². The molecule has 2 saturated heterocycles.